The Kier molecular flexibility index (Phi) is 9.76. The molecule has 9 nitrogen and oxygen atoms in total. The third kappa shape index (κ3) is 7.01. The van der Waals surface area contributed by atoms with Gasteiger partial charge in [0.2, 0.25) is 11.8 Å². The summed E-state index contributed by atoms with van der Waals surface area (Å²) >= 11 is 0. The molecule has 1 amide bonds. The van der Waals surface area contributed by atoms with Crippen molar-refractivity contribution in [1.82, 2.24) is 14.5 Å². The molecule has 0 atom stereocenters. The van der Waals surface area contributed by atoms with Crippen molar-refractivity contribution < 1.29 is 28.5 Å². The van der Waals surface area contributed by atoms with Gasteiger partial charge in [-0.3, -0.25) is 4.79 Å². The van der Waals surface area contributed by atoms with E-state index in [1.54, 1.807) is 32.1 Å². The highest BCUT2D eigenvalue weighted by molar-refractivity contribution is 6.13. The Bertz CT molecular complexity index is 1730. The predicted molar refractivity (Wildman–Crippen MR) is 169 cm³/mol. The Balaban J connectivity index is 1.57. The quantitative estimate of drug-likeness (QED) is 0.151. The Hall–Kier alpha value is -4.89. The number of carbonyl (C=O) groups is 2. The molecular weight excluding hydrogens is 558 g/mol. The van der Waals surface area contributed by atoms with Gasteiger partial charge in [-0.15, -0.1) is 0 Å². The second-order valence-corrected chi connectivity index (χ2v) is 10.8. The van der Waals surface area contributed by atoms with Crippen LogP contribution in [-0.4, -0.2) is 53.3 Å². The van der Waals surface area contributed by atoms with Crippen molar-refractivity contribution in [2.24, 2.45) is 0 Å². The normalized spacial score (nSPS) is 11.2. The molecule has 0 radical (unpaired) electrons. The zero-order valence-electron chi connectivity index (χ0n) is 25.5. The third-order valence-electron chi connectivity index (χ3n) is 7.29. The maximum Gasteiger partial charge on any atom is 0.515 e. The Morgan fingerprint density at radius 2 is 1.57 bits per heavy atom. The van der Waals surface area contributed by atoms with E-state index in [4.69, 9.17) is 18.9 Å². The van der Waals surface area contributed by atoms with Gasteiger partial charge in [-0.05, 0) is 43.5 Å². The summed E-state index contributed by atoms with van der Waals surface area (Å²) in [6.45, 7) is 4.59. The molecule has 5 aromatic rings. The minimum atomic E-state index is -0.858. The second-order valence-electron chi connectivity index (χ2n) is 10.8. The molecule has 0 aliphatic carbocycles. The second kappa shape index (κ2) is 14.1. The van der Waals surface area contributed by atoms with E-state index in [2.05, 4.69) is 17.1 Å². The number of ether oxygens (including phenoxy) is 4. The van der Waals surface area contributed by atoms with Gasteiger partial charge in [-0.25, -0.2) is 9.78 Å². The summed E-state index contributed by atoms with van der Waals surface area (Å²) in [6, 6.07) is 25.7. The Labute approximate surface area is 256 Å². The standard InChI is InChI=1S/C35H37N3O6/c1-24(2)43-35(40)44-34-27(23-41-4)32-29(20-36-34)38(21-31(39)37(3)19-18-25-12-7-5-8-13-25)28-16-11-17-30(33(28)32)42-22-26-14-9-6-10-15-26/h5-17,20,24H,18-19,21-23H2,1-4H3. The van der Waals surface area contributed by atoms with E-state index in [1.807, 2.05) is 78.3 Å². The molecule has 0 saturated carbocycles. The van der Waals surface area contributed by atoms with Gasteiger partial charge in [0.15, 0.2) is 0 Å². The molecule has 44 heavy (non-hydrogen) atoms. The van der Waals surface area contributed by atoms with Gasteiger partial charge < -0.3 is 28.4 Å². The minimum Gasteiger partial charge on any atom is -0.488 e. The first-order valence-electron chi connectivity index (χ1n) is 14.6. The van der Waals surface area contributed by atoms with Crippen LogP contribution in [0.3, 0.4) is 0 Å². The highest BCUT2D eigenvalue weighted by Crippen LogP contribution is 2.40. The van der Waals surface area contributed by atoms with Crippen LogP contribution in [0.5, 0.6) is 11.6 Å². The molecule has 3 aromatic carbocycles. The van der Waals surface area contributed by atoms with Crippen molar-refractivity contribution in [3.8, 4) is 11.6 Å². The lowest BCUT2D eigenvalue weighted by Gasteiger charge is -2.18. The number of rotatable bonds is 12. The van der Waals surface area contributed by atoms with Crippen molar-refractivity contribution in [3.05, 3.63) is 102 Å². The summed E-state index contributed by atoms with van der Waals surface area (Å²) in [5.41, 5.74) is 4.22. The first-order valence-corrected chi connectivity index (χ1v) is 14.6. The number of pyridine rings is 1. The molecule has 0 saturated heterocycles. The molecule has 9 heteroatoms. The van der Waals surface area contributed by atoms with Gasteiger partial charge in [0.25, 0.3) is 0 Å². The number of hydrogen-bond acceptors (Lipinski definition) is 7. The Morgan fingerprint density at radius 1 is 0.864 bits per heavy atom. The summed E-state index contributed by atoms with van der Waals surface area (Å²) in [4.78, 5) is 32.3. The van der Waals surface area contributed by atoms with Crippen molar-refractivity contribution in [3.63, 3.8) is 0 Å². The van der Waals surface area contributed by atoms with E-state index in [-0.39, 0.29) is 31.0 Å². The molecule has 0 fully saturated rings. The SMILES string of the molecule is COCc1c(OC(=O)OC(C)C)ncc2c1c1c(OCc3ccccc3)cccc1n2CC(=O)N(C)CCc1ccccc1. The summed E-state index contributed by atoms with van der Waals surface area (Å²) in [5, 5.41) is 1.50. The maximum atomic E-state index is 13.6. The van der Waals surface area contributed by atoms with Crippen LogP contribution in [0.15, 0.2) is 85.1 Å². The van der Waals surface area contributed by atoms with Crippen LogP contribution in [0, 0.1) is 0 Å². The molecule has 2 aromatic heterocycles. The fraction of sp³-hybridized carbons (Fsp3) is 0.286. The maximum absolute atomic E-state index is 13.6. The van der Waals surface area contributed by atoms with E-state index >= 15 is 0 Å². The third-order valence-corrected chi connectivity index (χ3v) is 7.29. The zero-order chi connectivity index (χ0) is 31.1. The van der Waals surface area contributed by atoms with Crippen LogP contribution in [0.25, 0.3) is 21.8 Å². The number of likely N-dealkylation sites (N-methyl/N-ethyl adjacent to an activating group) is 1. The molecule has 0 aliphatic rings. The molecule has 0 N–H and O–H groups in total. The highest BCUT2D eigenvalue weighted by Gasteiger charge is 2.25. The first kappa shape index (κ1) is 30.6. The average molecular weight is 596 g/mol. The number of hydrogen-bond donors (Lipinski definition) is 0. The molecule has 0 aliphatic heterocycles. The number of carbonyl (C=O) groups excluding carboxylic acids is 2. The van der Waals surface area contributed by atoms with Gasteiger partial charge in [-0.1, -0.05) is 66.7 Å². The number of aromatic nitrogens is 2. The van der Waals surface area contributed by atoms with Gasteiger partial charge >= 0.3 is 6.16 Å². The van der Waals surface area contributed by atoms with Crippen molar-refractivity contribution in [2.45, 2.75) is 46.1 Å². The molecule has 0 unspecified atom stereocenters. The smallest absolute Gasteiger partial charge is 0.488 e. The summed E-state index contributed by atoms with van der Waals surface area (Å²) < 4.78 is 24.6. The number of benzene rings is 3. The molecule has 2 heterocycles. The van der Waals surface area contributed by atoms with E-state index in [0.29, 0.717) is 30.0 Å². The van der Waals surface area contributed by atoms with Crippen molar-refractivity contribution in [1.29, 1.82) is 0 Å². The lowest BCUT2D eigenvalue weighted by Crippen LogP contribution is -2.31. The van der Waals surface area contributed by atoms with Crippen LogP contribution in [0.2, 0.25) is 0 Å². The van der Waals surface area contributed by atoms with Crippen LogP contribution in [0.1, 0.15) is 30.5 Å². The average Bonchev–Trinajstić information content (AvgIpc) is 3.34. The number of methoxy groups -OCH3 is 1. The monoisotopic (exact) mass is 595 g/mol. The number of fused-ring (bicyclic) bond motifs is 3. The van der Waals surface area contributed by atoms with Gasteiger partial charge in [0.05, 0.1) is 40.9 Å². The molecule has 0 bridgehead atoms. The number of amides is 1. The highest BCUT2D eigenvalue weighted by atomic mass is 16.7. The first-order chi connectivity index (χ1) is 21.4. The minimum absolute atomic E-state index is 0.0514. The molecule has 0 spiro atoms. The van der Waals surface area contributed by atoms with E-state index < -0.39 is 6.16 Å². The molecule has 5 rings (SSSR count). The molecular formula is C35H37N3O6. The summed E-state index contributed by atoms with van der Waals surface area (Å²) in [5.74, 6) is 0.650. The Morgan fingerprint density at radius 3 is 2.25 bits per heavy atom. The predicted octanol–water partition coefficient (Wildman–Crippen LogP) is 6.54. The van der Waals surface area contributed by atoms with E-state index in [1.165, 1.54) is 5.56 Å². The van der Waals surface area contributed by atoms with Gasteiger partial charge in [-0.2, -0.15) is 0 Å². The van der Waals surface area contributed by atoms with Gasteiger partial charge in [0.1, 0.15) is 18.9 Å². The summed E-state index contributed by atoms with van der Waals surface area (Å²) in [7, 11) is 3.38. The lowest BCUT2D eigenvalue weighted by molar-refractivity contribution is -0.130. The van der Waals surface area contributed by atoms with E-state index in [0.717, 1.165) is 28.3 Å². The van der Waals surface area contributed by atoms with Crippen molar-refractivity contribution >= 4 is 33.9 Å². The summed E-state index contributed by atoms with van der Waals surface area (Å²) in [6.07, 6.45) is 1.15. The molecule has 228 valence electrons. The van der Waals surface area contributed by atoms with Crippen LogP contribution >= 0.6 is 0 Å². The zero-order valence-corrected chi connectivity index (χ0v) is 25.5. The lowest BCUT2D eigenvalue weighted by atomic mass is 10.1. The topological polar surface area (TPSA) is 92.1 Å². The van der Waals surface area contributed by atoms with Crippen LogP contribution < -0.4 is 9.47 Å². The fourth-order valence-electron chi connectivity index (χ4n) is 5.14. The fourth-order valence-corrected chi connectivity index (χ4v) is 5.14. The van der Waals surface area contributed by atoms with Crippen LogP contribution in [-0.2, 0) is 40.4 Å². The van der Waals surface area contributed by atoms with Crippen molar-refractivity contribution in [2.75, 3.05) is 20.7 Å². The largest absolute Gasteiger partial charge is 0.515 e. The van der Waals surface area contributed by atoms with E-state index in [9.17, 15) is 9.59 Å². The van der Waals surface area contributed by atoms with Gasteiger partial charge in [0, 0.05) is 26.1 Å². The van der Waals surface area contributed by atoms with Crippen LogP contribution in [0.4, 0.5) is 4.79 Å². The number of nitrogens with zero attached hydrogens (tertiary/aromatic N) is 3.